The van der Waals surface area contributed by atoms with E-state index >= 15 is 0 Å². The number of likely N-dealkylation sites (tertiary alicyclic amines) is 1. The standard InChI is InChI=1S/C25H36N2.2ClH/c1-25(2,3)23-11-9-21(10-12-23)18-24(26)19-27-15-13-22(14-16-27)17-20-7-5-4-6-8-20;;/h4-12,22,24H,13-19,26H2,1-3H3;2*1H. The summed E-state index contributed by atoms with van der Waals surface area (Å²) in [4.78, 5) is 2.57. The number of benzene rings is 2. The molecule has 1 heterocycles. The van der Waals surface area contributed by atoms with Gasteiger partial charge in [-0.15, -0.1) is 24.8 Å². The molecule has 0 aliphatic carbocycles. The SMILES string of the molecule is CC(C)(C)c1ccc(CC(N)CN2CCC(Cc3ccccc3)CC2)cc1.Cl.Cl. The number of piperidine rings is 1. The monoisotopic (exact) mass is 436 g/mol. The third kappa shape index (κ3) is 8.30. The second-order valence-corrected chi connectivity index (χ2v) is 9.34. The van der Waals surface area contributed by atoms with Crippen LogP contribution in [0.1, 0.15) is 50.3 Å². The third-order valence-corrected chi connectivity index (χ3v) is 5.88. The van der Waals surface area contributed by atoms with Gasteiger partial charge in [-0.25, -0.2) is 0 Å². The van der Waals surface area contributed by atoms with E-state index in [0.717, 1.165) is 18.9 Å². The summed E-state index contributed by atoms with van der Waals surface area (Å²) in [6.07, 6.45) is 4.78. The summed E-state index contributed by atoms with van der Waals surface area (Å²) in [5.41, 5.74) is 10.9. The molecule has 3 rings (SSSR count). The maximum absolute atomic E-state index is 6.48. The third-order valence-electron chi connectivity index (χ3n) is 5.88. The van der Waals surface area contributed by atoms with Crippen molar-refractivity contribution in [1.29, 1.82) is 0 Å². The van der Waals surface area contributed by atoms with Crippen molar-refractivity contribution >= 4 is 24.8 Å². The molecule has 2 nitrogen and oxygen atoms in total. The Labute approximate surface area is 190 Å². The second-order valence-electron chi connectivity index (χ2n) is 9.34. The van der Waals surface area contributed by atoms with Gasteiger partial charge in [0.15, 0.2) is 0 Å². The zero-order valence-corrected chi connectivity index (χ0v) is 19.8. The number of rotatable bonds is 6. The minimum absolute atomic E-state index is 0. The average molecular weight is 437 g/mol. The van der Waals surface area contributed by atoms with E-state index < -0.39 is 0 Å². The Morgan fingerprint density at radius 3 is 2.03 bits per heavy atom. The topological polar surface area (TPSA) is 29.3 Å². The quantitative estimate of drug-likeness (QED) is 0.633. The van der Waals surface area contributed by atoms with E-state index in [1.807, 2.05) is 0 Å². The summed E-state index contributed by atoms with van der Waals surface area (Å²) in [5, 5.41) is 0. The molecule has 0 amide bonds. The van der Waals surface area contributed by atoms with Crippen LogP contribution in [0.4, 0.5) is 0 Å². The molecule has 2 aromatic rings. The summed E-state index contributed by atoms with van der Waals surface area (Å²) in [5.74, 6) is 0.824. The lowest BCUT2D eigenvalue weighted by molar-refractivity contribution is 0.175. The molecule has 2 N–H and O–H groups in total. The zero-order chi connectivity index (χ0) is 19.3. The lowest BCUT2D eigenvalue weighted by Gasteiger charge is -2.33. The minimum atomic E-state index is 0. The van der Waals surface area contributed by atoms with Crippen molar-refractivity contribution < 1.29 is 0 Å². The molecular weight excluding hydrogens is 399 g/mol. The highest BCUT2D eigenvalue weighted by Crippen LogP contribution is 2.23. The molecule has 1 fully saturated rings. The van der Waals surface area contributed by atoms with Gasteiger partial charge >= 0.3 is 0 Å². The predicted molar refractivity (Wildman–Crippen MR) is 131 cm³/mol. The predicted octanol–water partition coefficient (Wildman–Crippen LogP) is 5.65. The number of nitrogens with two attached hydrogens (primary N) is 1. The van der Waals surface area contributed by atoms with Gasteiger partial charge in [0.05, 0.1) is 0 Å². The van der Waals surface area contributed by atoms with Crippen molar-refractivity contribution in [1.82, 2.24) is 4.90 Å². The first kappa shape index (κ1) is 26.0. The Balaban J connectivity index is 0.00000210. The highest BCUT2D eigenvalue weighted by molar-refractivity contribution is 5.85. The Morgan fingerprint density at radius 1 is 0.897 bits per heavy atom. The first-order valence-corrected chi connectivity index (χ1v) is 10.5. The molecule has 162 valence electrons. The molecule has 1 atom stereocenters. The first-order valence-electron chi connectivity index (χ1n) is 10.5. The maximum atomic E-state index is 6.48. The van der Waals surface area contributed by atoms with Crippen LogP contribution in [0.3, 0.4) is 0 Å². The molecule has 4 heteroatoms. The van der Waals surface area contributed by atoms with E-state index in [9.17, 15) is 0 Å². The van der Waals surface area contributed by atoms with Crippen molar-refractivity contribution in [2.45, 2.75) is 57.9 Å². The first-order chi connectivity index (χ1) is 12.9. The molecule has 1 aliphatic heterocycles. The number of halogens is 2. The van der Waals surface area contributed by atoms with Crippen LogP contribution >= 0.6 is 24.8 Å². The second kappa shape index (κ2) is 12.0. The molecular formula is C25H38Cl2N2. The minimum Gasteiger partial charge on any atom is -0.326 e. The highest BCUT2D eigenvalue weighted by atomic mass is 35.5. The van der Waals surface area contributed by atoms with Gasteiger partial charge in [0.25, 0.3) is 0 Å². The van der Waals surface area contributed by atoms with Crippen LogP contribution < -0.4 is 5.73 Å². The van der Waals surface area contributed by atoms with Crippen molar-refractivity contribution in [3.63, 3.8) is 0 Å². The van der Waals surface area contributed by atoms with E-state index in [1.165, 1.54) is 49.0 Å². The highest BCUT2D eigenvalue weighted by Gasteiger charge is 2.21. The summed E-state index contributed by atoms with van der Waals surface area (Å²) in [6, 6.07) is 20.2. The molecule has 0 spiro atoms. The summed E-state index contributed by atoms with van der Waals surface area (Å²) < 4.78 is 0. The van der Waals surface area contributed by atoms with Crippen LogP contribution in [0.5, 0.6) is 0 Å². The van der Waals surface area contributed by atoms with Gasteiger partial charge in [-0.3, -0.25) is 0 Å². The Hall–Kier alpha value is -1.06. The molecule has 1 aliphatic rings. The summed E-state index contributed by atoms with van der Waals surface area (Å²) in [7, 11) is 0. The van der Waals surface area contributed by atoms with Gasteiger partial charge < -0.3 is 10.6 Å². The molecule has 1 unspecified atom stereocenters. The smallest absolute Gasteiger partial charge is 0.0208 e. The zero-order valence-electron chi connectivity index (χ0n) is 18.1. The van der Waals surface area contributed by atoms with Gasteiger partial charge in [-0.1, -0.05) is 75.4 Å². The Bertz CT molecular complexity index is 687. The van der Waals surface area contributed by atoms with Crippen molar-refractivity contribution in [3.05, 3.63) is 71.3 Å². The summed E-state index contributed by atoms with van der Waals surface area (Å²) in [6.45, 7) is 10.2. The van der Waals surface area contributed by atoms with Crippen LogP contribution in [0.15, 0.2) is 54.6 Å². The fraction of sp³-hybridized carbons (Fsp3) is 0.520. The fourth-order valence-electron chi connectivity index (χ4n) is 4.16. The van der Waals surface area contributed by atoms with E-state index in [2.05, 4.69) is 80.3 Å². The maximum Gasteiger partial charge on any atom is 0.0208 e. The Morgan fingerprint density at radius 2 is 1.48 bits per heavy atom. The average Bonchev–Trinajstić information content (AvgIpc) is 2.64. The lowest BCUT2D eigenvalue weighted by atomic mass is 9.86. The lowest BCUT2D eigenvalue weighted by Crippen LogP contribution is -2.43. The largest absolute Gasteiger partial charge is 0.326 e. The molecule has 0 saturated carbocycles. The van der Waals surface area contributed by atoms with Crippen LogP contribution in [-0.4, -0.2) is 30.6 Å². The van der Waals surface area contributed by atoms with Crippen LogP contribution in [0.25, 0.3) is 0 Å². The van der Waals surface area contributed by atoms with Gasteiger partial charge in [0.2, 0.25) is 0 Å². The number of hydrogen-bond acceptors (Lipinski definition) is 2. The van der Waals surface area contributed by atoms with E-state index in [-0.39, 0.29) is 36.3 Å². The van der Waals surface area contributed by atoms with E-state index in [4.69, 9.17) is 5.73 Å². The van der Waals surface area contributed by atoms with Crippen molar-refractivity contribution in [3.8, 4) is 0 Å². The van der Waals surface area contributed by atoms with Crippen molar-refractivity contribution in [2.75, 3.05) is 19.6 Å². The van der Waals surface area contributed by atoms with Crippen LogP contribution in [0, 0.1) is 5.92 Å². The molecule has 2 aromatic carbocycles. The molecule has 0 radical (unpaired) electrons. The van der Waals surface area contributed by atoms with Crippen LogP contribution in [0.2, 0.25) is 0 Å². The van der Waals surface area contributed by atoms with E-state index in [0.29, 0.717) is 0 Å². The molecule has 0 aromatic heterocycles. The molecule has 1 saturated heterocycles. The van der Waals surface area contributed by atoms with Gasteiger partial charge in [-0.2, -0.15) is 0 Å². The van der Waals surface area contributed by atoms with E-state index in [1.54, 1.807) is 0 Å². The van der Waals surface area contributed by atoms with Gasteiger partial charge in [-0.05, 0) is 66.8 Å². The van der Waals surface area contributed by atoms with Crippen LogP contribution in [-0.2, 0) is 18.3 Å². The van der Waals surface area contributed by atoms with Gasteiger partial charge in [0.1, 0.15) is 0 Å². The normalized spacial score (nSPS) is 16.6. The number of nitrogens with zero attached hydrogens (tertiary/aromatic N) is 1. The van der Waals surface area contributed by atoms with Gasteiger partial charge in [0, 0.05) is 12.6 Å². The Kier molecular flexibility index (Phi) is 10.7. The fourth-order valence-corrected chi connectivity index (χ4v) is 4.16. The molecule has 29 heavy (non-hydrogen) atoms. The summed E-state index contributed by atoms with van der Waals surface area (Å²) >= 11 is 0. The molecule has 0 bridgehead atoms. The number of hydrogen-bond donors (Lipinski definition) is 1. The van der Waals surface area contributed by atoms with Crippen molar-refractivity contribution in [2.24, 2.45) is 11.7 Å².